The number of aromatic nitrogens is 2. The Morgan fingerprint density at radius 3 is 2.26 bits per heavy atom. The average Bonchev–Trinajstić information content (AvgIpc) is 2.62. The van der Waals surface area contributed by atoms with Gasteiger partial charge in [-0.15, -0.1) is 11.6 Å². The van der Waals surface area contributed by atoms with Crippen molar-refractivity contribution in [1.82, 2.24) is 14.9 Å². The van der Waals surface area contributed by atoms with Crippen LogP contribution < -0.4 is 4.90 Å². The van der Waals surface area contributed by atoms with Gasteiger partial charge in [0.2, 0.25) is 5.91 Å². The van der Waals surface area contributed by atoms with E-state index in [-0.39, 0.29) is 11.8 Å². The van der Waals surface area contributed by atoms with E-state index < -0.39 is 5.82 Å². The molecule has 1 amide bonds. The van der Waals surface area contributed by atoms with Gasteiger partial charge in [0, 0.05) is 37.4 Å². The van der Waals surface area contributed by atoms with Crippen LogP contribution in [0.2, 0.25) is 0 Å². The molecule has 3 rings (SSSR count). The van der Waals surface area contributed by atoms with Gasteiger partial charge < -0.3 is 9.80 Å². The summed E-state index contributed by atoms with van der Waals surface area (Å²) < 4.78 is 12.9. The molecule has 1 aliphatic rings. The molecule has 0 spiro atoms. The maximum atomic E-state index is 12.9. The van der Waals surface area contributed by atoms with E-state index in [1.54, 1.807) is 4.90 Å². The molecule has 0 saturated carbocycles. The number of alkyl halides is 1. The topological polar surface area (TPSA) is 49.3 Å². The van der Waals surface area contributed by atoms with Crippen LogP contribution in [0.1, 0.15) is 0 Å². The van der Waals surface area contributed by atoms with Crippen molar-refractivity contribution in [3.8, 4) is 11.4 Å². The zero-order valence-corrected chi connectivity index (χ0v) is 13.2. The molecule has 2 aromatic rings. The Hall–Kier alpha value is -2.21. The number of hydrogen-bond acceptors (Lipinski definition) is 4. The lowest BCUT2D eigenvalue weighted by atomic mass is 10.1. The lowest BCUT2D eigenvalue weighted by Crippen LogP contribution is -2.49. The minimum Gasteiger partial charge on any atom is -0.368 e. The van der Waals surface area contributed by atoms with E-state index in [4.69, 9.17) is 11.6 Å². The highest BCUT2D eigenvalue weighted by atomic mass is 35.5. The number of amides is 1. The van der Waals surface area contributed by atoms with Gasteiger partial charge in [0.05, 0.1) is 12.4 Å². The summed E-state index contributed by atoms with van der Waals surface area (Å²) in [5.74, 6) is 0.0622. The van der Waals surface area contributed by atoms with Gasteiger partial charge in [-0.05, 0) is 24.3 Å². The van der Waals surface area contributed by atoms with Gasteiger partial charge in [-0.1, -0.05) is 0 Å². The van der Waals surface area contributed by atoms with Gasteiger partial charge in [-0.3, -0.25) is 4.79 Å². The van der Waals surface area contributed by atoms with Crippen LogP contribution in [0.5, 0.6) is 0 Å². The lowest BCUT2D eigenvalue weighted by Gasteiger charge is -2.35. The van der Waals surface area contributed by atoms with Crippen LogP contribution in [0, 0.1) is 5.82 Å². The summed E-state index contributed by atoms with van der Waals surface area (Å²) in [4.78, 5) is 23.5. The normalized spacial score (nSPS) is 14.9. The number of carbonyl (C=O) groups is 1. The first-order valence-electron chi connectivity index (χ1n) is 7.34. The lowest BCUT2D eigenvalue weighted by molar-refractivity contribution is -0.128. The number of piperazine rings is 1. The summed E-state index contributed by atoms with van der Waals surface area (Å²) in [7, 11) is 0. The molecule has 0 unspecified atom stereocenters. The average molecular weight is 335 g/mol. The standard InChI is InChI=1S/C16H16ClFN4O/c17-9-15(23)22-7-5-21(6-8-22)14-3-1-12(2-4-14)16-19-10-13(18)11-20-16/h1-4,10-11H,5-9H2. The zero-order valence-electron chi connectivity index (χ0n) is 12.5. The molecule has 1 aromatic heterocycles. The maximum absolute atomic E-state index is 12.9. The van der Waals surface area contributed by atoms with E-state index >= 15 is 0 Å². The molecular weight excluding hydrogens is 319 g/mol. The molecule has 2 heterocycles. The Bertz CT molecular complexity index is 669. The van der Waals surface area contributed by atoms with Crippen molar-refractivity contribution in [3.05, 3.63) is 42.5 Å². The Labute approximate surface area is 138 Å². The molecule has 0 N–H and O–H groups in total. The third-order valence-corrected chi connectivity index (χ3v) is 4.09. The molecule has 1 aliphatic heterocycles. The Morgan fingerprint density at radius 2 is 1.70 bits per heavy atom. The first-order valence-corrected chi connectivity index (χ1v) is 7.87. The van der Waals surface area contributed by atoms with Crippen molar-refractivity contribution in [2.75, 3.05) is 37.0 Å². The first-order chi connectivity index (χ1) is 11.2. The van der Waals surface area contributed by atoms with Crippen molar-refractivity contribution < 1.29 is 9.18 Å². The molecule has 0 atom stereocenters. The third kappa shape index (κ3) is 3.59. The SMILES string of the molecule is O=C(CCl)N1CCN(c2ccc(-c3ncc(F)cn3)cc2)CC1. The molecule has 1 fully saturated rings. The number of benzene rings is 1. The van der Waals surface area contributed by atoms with E-state index in [9.17, 15) is 9.18 Å². The minimum absolute atomic E-state index is 0.0184. The van der Waals surface area contributed by atoms with Crippen molar-refractivity contribution in [2.24, 2.45) is 0 Å². The largest absolute Gasteiger partial charge is 0.368 e. The highest BCUT2D eigenvalue weighted by molar-refractivity contribution is 6.27. The minimum atomic E-state index is -0.449. The predicted molar refractivity (Wildman–Crippen MR) is 86.9 cm³/mol. The van der Waals surface area contributed by atoms with E-state index in [1.807, 2.05) is 24.3 Å². The van der Waals surface area contributed by atoms with E-state index in [0.717, 1.165) is 36.7 Å². The zero-order chi connectivity index (χ0) is 16.2. The number of rotatable bonds is 3. The summed E-state index contributed by atoms with van der Waals surface area (Å²) in [6.07, 6.45) is 2.31. The molecule has 23 heavy (non-hydrogen) atoms. The molecule has 7 heteroatoms. The molecular formula is C16H16ClFN4O. The highest BCUT2D eigenvalue weighted by Gasteiger charge is 2.20. The fourth-order valence-corrected chi connectivity index (χ4v) is 2.75. The molecule has 0 aliphatic carbocycles. The van der Waals surface area contributed by atoms with Gasteiger partial charge in [0.15, 0.2) is 11.6 Å². The van der Waals surface area contributed by atoms with Crippen LogP contribution in [0.3, 0.4) is 0 Å². The summed E-state index contributed by atoms with van der Waals surface area (Å²) in [6, 6.07) is 7.81. The van der Waals surface area contributed by atoms with Crippen molar-refractivity contribution in [1.29, 1.82) is 0 Å². The first kappa shape index (κ1) is 15.7. The second-order valence-electron chi connectivity index (χ2n) is 5.27. The van der Waals surface area contributed by atoms with Gasteiger partial charge in [0.1, 0.15) is 5.88 Å². The Kier molecular flexibility index (Phi) is 4.71. The molecule has 0 radical (unpaired) electrons. The van der Waals surface area contributed by atoms with E-state index in [0.29, 0.717) is 18.9 Å². The summed E-state index contributed by atoms with van der Waals surface area (Å²) in [5, 5.41) is 0. The van der Waals surface area contributed by atoms with Crippen LogP contribution in [0.25, 0.3) is 11.4 Å². The van der Waals surface area contributed by atoms with Crippen LogP contribution in [0.4, 0.5) is 10.1 Å². The maximum Gasteiger partial charge on any atom is 0.237 e. The monoisotopic (exact) mass is 334 g/mol. The van der Waals surface area contributed by atoms with Crippen molar-refractivity contribution in [2.45, 2.75) is 0 Å². The number of carbonyl (C=O) groups excluding carboxylic acids is 1. The van der Waals surface area contributed by atoms with E-state index in [1.165, 1.54) is 0 Å². The van der Waals surface area contributed by atoms with Crippen molar-refractivity contribution in [3.63, 3.8) is 0 Å². The quantitative estimate of drug-likeness (QED) is 0.807. The smallest absolute Gasteiger partial charge is 0.237 e. The second kappa shape index (κ2) is 6.91. The van der Waals surface area contributed by atoms with Crippen LogP contribution in [-0.2, 0) is 4.79 Å². The summed E-state index contributed by atoms with van der Waals surface area (Å²) in [6.45, 7) is 2.90. The van der Waals surface area contributed by atoms with Crippen LogP contribution in [-0.4, -0.2) is 52.8 Å². The van der Waals surface area contributed by atoms with Gasteiger partial charge in [-0.25, -0.2) is 14.4 Å². The number of hydrogen-bond donors (Lipinski definition) is 0. The molecule has 5 nitrogen and oxygen atoms in total. The number of halogens is 2. The fraction of sp³-hybridized carbons (Fsp3) is 0.312. The molecule has 1 saturated heterocycles. The Morgan fingerprint density at radius 1 is 1.09 bits per heavy atom. The van der Waals surface area contributed by atoms with Gasteiger partial charge in [-0.2, -0.15) is 0 Å². The van der Waals surface area contributed by atoms with E-state index in [2.05, 4.69) is 14.9 Å². The molecule has 120 valence electrons. The molecule has 0 bridgehead atoms. The summed E-state index contributed by atoms with van der Waals surface area (Å²) >= 11 is 5.58. The summed E-state index contributed by atoms with van der Waals surface area (Å²) in [5.41, 5.74) is 1.92. The van der Waals surface area contributed by atoms with Gasteiger partial charge >= 0.3 is 0 Å². The predicted octanol–water partition coefficient (Wildman–Crippen LogP) is 2.17. The number of anilines is 1. The second-order valence-corrected chi connectivity index (χ2v) is 5.54. The highest BCUT2D eigenvalue weighted by Crippen LogP contribution is 2.21. The Balaban J connectivity index is 1.66. The van der Waals surface area contributed by atoms with Crippen LogP contribution in [0.15, 0.2) is 36.7 Å². The fourth-order valence-electron chi connectivity index (χ4n) is 2.58. The third-order valence-electron chi connectivity index (χ3n) is 3.86. The van der Waals surface area contributed by atoms with Gasteiger partial charge in [0.25, 0.3) is 0 Å². The number of nitrogens with zero attached hydrogens (tertiary/aromatic N) is 4. The molecule has 1 aromatic carbocycles. The van der Waals surface area contributed by atoms with Crippen molar-refractivity contribution >= 4 is 23.2 Å². The van der Waals surface area contributed by atoms with Crippen LogP contribution >= 0.6 is 11.6 Å².